The Hall–Kier alpha value is -8.71. The fourth-order valence-electron chi connectivity index (χ4n) is 9.33. The average Bonchev–Trinajstić information content (AvgIpc) is 3.86. The highest BCUT2D eigenvalue weighted by atomic mass is 19.4. The van der Waals surface area contributed by atoms with Crippen LogP contribution in [0.3, 0.4) is 0 Å². The van der Waals surface area contributed by atoms with E-state index in [1.165, 1.54) is 57.7 Å². The van der Waals surface area contributed by atoms with Crippen LogP contribution in [0.2, 0.25) is 0 Å². The van der Waals surface area contributed by atoms with E-state index in [9.17, 15) is 76.4 Å². The molecule has 0 saturated carbocycles. The van der Waals surface area contributed by atoms with Crippen molar-refractivity contribution in [2.24, 2.45) is 0 Å². The SMILES string of the molecule is N#Cc1cc(-c2cc(-n3c4ccccc4c4ccc(-c5cc(C(F)(F)F)cc(C(F)(F)F)c5)cc43)c(C#N)c(-n3c4ccccc4c4ccc(-c5cc(C(F)(F)F)cc(C(F)(F)F)c5)cc43)c2)cc(C(F)(F)F)c1. The third-order valence-corrected chi connectivity index (χ3v) is 12.6. The molecular weight excluding hydrogens is 1000 g/mol. The van der Waals surface area contributed by atoms with Gasteiger partial charge in [0, 0.05) is 21.5 Å². The van der Waals surface area contributed by atoms with E-state index in [0.29, 0.717) is 51.9 Å². The molecular formula is C55H25F15N4. The second-order valence-electron chi connectivity index (χ2n) is 17.2. The summed E-state index contributed by atoms with van der Waals surface area (Å²) in [6.07, 6.45) is -25.9. The van der Waals surface area contributed by atoms with Gasteiger partial charge in [-0.3, -0.25) is 0 Å². The monoisotopic (exact) mass is 1030 g/mol. The largest absolute Gasteiger partial charge is 0.416 e. The van der Waals surface area contributed by atoms with Crippen LogP contribution in [0.1, 0.15) is 38.9 Å². The van der Waals surface area contributed by atoms with Crippen molar-refractivity contribution in [3.05, 3.63) is 191 Å². The van der Waals surface area contributed by atoms with E-state index in [1.807, 2.05) is 0 Å². The van der Waals surface area contributed by atoms with Crippen molar-refractivity contribution in [2.45, 2.75) is 30.9 Å². The van der Waals surface area contributed by atoms with Gasteiger partial charge in [-0.05, 0) is 124 Å². The average molecular weight is 1030 g/mol. The zero-order valence-electron chi connectivity index (χ0n) is 36.9. The molecule has 0 aliphatic carbocycles. The number of para-hydroxylation sites is 2. The molecule has 0 bridgehead atoms. The lowest BCUT2D eigenvalue weighted by atomic mass is 9.96. The van der Waals surface area contributed by atoms with Crippen LogP contribution >= 0.6 is 0 Å². The Morgan fingerprint density at radius 1 is 0.297 bits per heavy atom. The number of nitriles is 2. The summed E-state index contributed by atoms with van der Waals surface area (Å²) in [5.41, 5.74) is -9.46. The normalized spacial score (nSPS) is 12.8. The number of aromatic nitrogens is 2. The van der Waals surface area contributed by atoms with Crippen molar-refractivity contribution < 1.29 is 65.9 Å². The fraction of sp³-hybridized carbons (Fsp3) is 0.0909. The summed E-state index contributed by atoms with van der Waals surface area (Å²) in [5, 5.41) is 22.9. The molecule has 0 aliphatic rings. The molecule has 0 amide bonds. The molecule has 0 radical (unpaired) electrons. The van der Waals surface area contributed by atoms with Gasteiger partial charge < -0.3 is 9.13 Å². The van der Waals surface area contributed by atoms with Gasteiger partial charge in [-0.25, -0.2) is 0 Å². The molecule has 0 unspecified atom stereocenters. The van der Waals surface area contributed by atoms with Gasteiger partial charge in [0.15, 0.2) is 0 Å². The topological polar surface area (TPSA) is 57.4 Å². The molecule has 19 heteroatoms. The quantitative estimate of drug-likeness (QED) is 0.161. The minimum atomic E-state index is -5.21. The molecule has 4 nitrogen and oxygen atoms in total. The Labute approximate surface area is 406 Å². The fourth-order valence-corrected chi connectivity index (χ4v) is 9.33. The maximum Gasteiger partial charge on any atom is 0.416 e. The number of nitrogens with zero attached hydrogens (tertiary/aromatic N) is 4. The maximum atomic E-state index is 14.5. The van der Waals surface area contributed by atoms with E-state index in [4.69, 9.17) is 0 Å². The summed E-state index contributed by atoms with van der Waals surface area (Å²) >= 11 is 0. The Morgan fingerprint density at radius 2 is 0.622 bits per heavy atom. The minimum absolute atomic E-state index is 0.0340. The zero-order valence-corrected chi connectivity index (χ0v) is 36.9. The van der Waals surface area contributed by atoms with Crippen molar-refractivity contribution in [3.63, 3.8) is 0 Å². The van der Waals surface area contributed by atoms with Gasteiger partial charge in [0.1, 0.15) is 11.6 Å². The molecule has 2 aromatic heterocycles. The lowest BCUT2D eigenvalue weighted by molar-refractivity contribution is -0.144. The Balaban J connectivity index is 1.33. The first-order chi connectivity index (χ1) is 34.7. The Kier molecular flexibility index (Phi) is 11.2. The van der Waals surface area contributed by atoms with Gasteiger partial charge in [-0.15, -0.1) is 0 Å². The lowest BCUT2D eigenvalue weighted by Crippen LogP contribution is -2.11. The van der Waals surface area contributed by atoms with E-state index in [2.05, 4.69) is 6.07 Å². The summed E-state index contributed by atoms with van der Waals surface area (Å²) in [7, 11) is 0. The van der Waals surface area contributed by atoms with Crippen LogP contribution in [0.5, 0.6) is 0 Å². The van der Waals surface area contributed by atoms with Gasteiger partial charge in [0.05, 0.1) is 72.9 Å². The van der Waals surface area contributed by atoms with Crippen molar-refractivity contribution in [1.82, 2.24) is 9.13 Å². The molecule has 0 fully saturated rings. The third-order valence-electron chi connectivity index (χ3n) is 12.6. The molecule has 0 saturated heterocycles. The lowest BCUT2D eigenvalue weighted by Gasteiger charge is -2.19. The van der Waals surface area contributed by atoms with Crippen LogP contribution in [0.25, 0.3) is 88.4 Å². The maximum absolute atomic E-state index is 14.5. The predicted molar refractivity (Wildman–Crippen MR) is 246 cm³/mol. The molecule has 0 N–H and O–H groups in total. The summed E-state index contributed by atoms with van der Waals surface area (Å²) in [6, 6.07) is 31.9. The first kappa shape index (κ1) is 48.9. The summed E-state index contributed by atoms with van der Waals surface area (Å²) in [4.78, 5) is 0. The first-order valence-corrected chi connectivity index (χ1v) is 21.6. The highest BCUT2D eigenvalue weighted by molar-refractivity contribution is 6.12. The van der Waals surface area contributed by atoms with E-state index in [0.717, 1.165) is 12.1 Å². The smallest absolute Gasteiger partial charge is 0.308 e. The molecule has 0 spiro atoms. The van der Waals surface area contributed by atoms with Crippen molar-refractivity contribution in [2.75, 3.05) is 0 Å². The third kappa shape index (κ3) is 8.57. The molecule has 2 heterocycles. The predicted octanol–water partition coefficient (Wildman–Crippen LogP) is 17.7. The van der Waals surface area contributed by atoms with E-state index < -0.39 is 75.4 Å². The molecule has 10 rings (SSSR count). The number of halogens is 15. The second kappa shape index (κ2) is 16.9. The first-order valence-electron chi connectivity index (χ1n) is 21.6. The second-order valence-corrected chi connectivity index (χ2v) is 17.2. The van der Waals surface area contributed by atoms with Gasteiger partial charge in [-0.2, -0.15) is 76.4 Å². The number of rotatable bonds is 5. The molecule has 0 aliphatic heterocycles. The number of alkyl halides is 15. The van der Waals surface area contributed by atoms with E-state index in [1.54, 1.807) is 54.6 Å². The molecule has 10 aromatic rings. The number of hydrogen-bond donors (Lipinski definition) is 0. The number of fused-ring (bicyclic) bond motifs is 6. The standard InChI is InChI=1S/C55H25F15N4/c56-51(57,58)35-14-28(26-71)13-31(15-35)34-22-49(73-45-7-3-1-5-40(45)42-11-9-29(20-47(42)73)32-16-36(52(59,60)61)24-37(17-32)53(62,63)64)44(27-72)50(23-34)74-46-8-4-2-6-41(46)43-12-10-30(21-48(43)74)33-18-38(54(65,66)67)25-39(19-33)55(68,69)70/h1-25H. The molecule has 74 heavy (non-hydrogen) atoms. The van der Waals surface area contributed by atoms with Gasteiger partial charge >= 0.3 is 30.9 Å². The van der Waals surface area contributed by atoms with Crippen LogP contribution < -0.4 is 0 Å². The van der Waals surface area contributed by atoms with Crippen LogP contribution in [0.15, 0.2) is 152 Å². The molecule has 370 valence electrons. The zero-order chi connectivity index (χ0) is 53.0. The molecule has 8 aromatic carbocycles. The summed E-state index contributed by atoms with van der Waals surface area (Å²) in [5.74, 6) is 0. The Bertz CT molecular complexity index is 3760. The van der Waals surface area contributed by atoms with Crippen LogP contribution in [-0.2, 0) is 30.9 Å². The minimum Gasteiger partial charge on any atom is -0.308 e. The Morgan fingerprint density at radius 3 is 0.973 bits per heavy atom. The highest BCUT2D eigenvalue weighted by Crippen LogP contribution is 2.46. The highest BCUT2D eigenvalue weighted by Gasteiger charge is 2.39. The van der Waals surface area contributed by atoms with Crippen LogP contribution in [0.4, 0.5) is 65.9 Å². The van der Waals surface area contributed by atoms with Crippen molar-refractivity contribution in [1.29, 1.82) is 10.5 Å². The van der Waals surface area contributed by atoms with Crippen LogP contribution in [-0.4, -0.2) is 9.13 Å². The van der Waals surface area contributed by atoms with E-state index >= 15 is 0 Å². The number of benzene rings is 8. The number of hydrogen-bond acceptors (Lipinski definition) is 2. The van der Waals surface area contributed by atoms with Crippen molar-refractivity contribution in [3.8, 4) is 56.9 Å². The van der Waals surface area contributed by atoms with Gasteiger partial charge in [0.25, 0.3) is 0 Å². The van der Waals surface area contributed by atoms with Crippen molar-refractivity contribution >= 4 is 43.6 Å². The van der Waals surface area contributed by atoms with Gasteiger partial charge in [-0.1, -0.05) is 60.7 Å². The molecule has 0 atom stereocenters. The van der Waals surface area contributed by atoms with Crippen LogP contribution in [0, 0.1) is 22.7 Å². The van der Waals surface area contributed by atoms with Gasteiger partial charge in [0.2, 0.25) is 0 Å². The van der Waals surface area contributed by atoms with E-state index in [-0.39, 0.29) is 73.4 Å². The summed E-state index contributed by atoms with van der Waals surface area (Å²) < 4.78 is 216. The summed E-state index contributed by atoms with van der Waals surface area (Å²) in [6.45, 7) is 0.